The maximum absolute atomic E-state index is 15.3. The third kappa shape index (κ3) is 9.61. The molecule has 5 aromatic rings. The molecular weight excluding hydrogens is 903 g/mol. The van der Waals surface area contributed by atoms with E-state index in [0.29, 0.717) is 103 Å². The molecule has 7 heterocycles. The second-order valence-electron chi connectivity index (χ2n) is 21.0. The highest BCUT2D eigenvalue weighted by molar-refractivity contribution is 6.00. The number of carbonyl (C=O) groups excluding carboxylic acids is 3. The Hall–Kier alpha value is -6.35. The number of piperidine rings is 1. The Bertz CT molecular complexity index is 2700. The molecule has 0 bridgehead atoms. The minimum Gasteiger partial charge on any atom is -0.487 e. The number of hydrogen-bond donors (Lipinski definition) is 3. The van der Waals surface area contributed by atoms with Crippen LogP contribution in [0.2, 0.25) is 0 Å². The summed E-state index contributed by atoms with van der Waals surface area (Å²) in [6, 6.07) is 1.63. The summed E-state index contributed by atoms with van der Waals surface area (Å²) < 4.78 is 44.8. The molecule has 4 aromatic heterocycles. The summed E-state index contributed by atoms with van der Waals surface area (Å²) in [5, 5.41) is 15.0. The van der Waals surface area contributed by atoms with E-state index in [2.05, 4.69) is 35.6 Å². The van der Waals surface area contributed by atoms with Crippen LogP contribution in [0.25, 0.3) is 33.8 Å². The summed E-state index contributed by atoms with van der Waals surface area (Å²) >= 11 is 0. The van der Waals surface area contributed by atoms with Crippen LogP contribution in [0.15, 0.2) is 35.4 Å². The van der Waals surface area contributed by atoms with Crippen LogP contribution in [-0.2, 0) is 19.9 Å². The van der Waals surface area contributed by atoms with Crippen molar-refractivity contribution < 1.29 is 32.4 Å². The molecule has 70 heavy (non-hydrogen) atoms. The normalized spacial score (nSPS) is 19.5. The van der Waals surface area contributed by atoms with Gasteiger partial charge in [0.2, 0.25) is 18.2 Å². The molecule has 5 aliphatic rings. The summed E-state index contributed by atoms with van der Waals surface area (Å²) in [6.45, 7) is 14.9. The Morgan fingerprint density at radius 3 is 2.30 bits per heavy atom. The molecular formula is C49H62F2N14O5. The van der Waals surface area contributed by atoms with Gasteiger partial charge in [-0.3, -0.25) is 29.5 Å². The van der Waals surface area contributed by atoms with E-state index in [0.717, 1.165) is 77.0 Å². The van der Waals surface area contributed by atoms with Crippen molar-refractivity contribution >= 4 is 46.5 Å². The van der Waals surface area contributed by atoms with E-state index in [1.165, 1.54) is 18.5 Å². The summed E-state index contributed by atoms with van der Waals surface area (Å²) in [5.41, 5.74) is 8.52. The fourth-order valence-corrected chi connectivity index (χ4v) is 10.8. The van der Waals surface area contributed by atoms with Gasteiger partial charge in [0.15, 0.2) is 34.6 Å². The highest BCUT2D eigenvalue weighted by Gasteiger charge is 2.55. The molecule has 372 valence electrons. The lowest BCUT2D eigenvalue weighted by Gasteiger charge is -2.58. The van der Waals surface area contributed by atoms with Crippen molar-refractivity contribution in [2.45, 2.75) is 103 Å². The van der Waals surface area contributed by atoms with E-state index in [9.17, 15) is 14.4 Å². The molecule has 3 aliphatic heterocycles. The Morgan fingerprint density at radius 1 is 0.957 bits per heavy atom. The van der Waals surface area contributed by atoms with Crippen LogP contribution >= 0.6 is 0 Å². The van der Waals surface area contributed by atoms with Crippen molar-refractivity contribution in [1.29, 1.82) is 0 Å². The van der Waals surface area contributed by atoms with Gasteiger partial charge in [-0.2, -0.15) is 5.10 Å². The number of nitrogen functional groups attached to an aromatic ring is 1. The molecule has 19 nitrogen and oxygen atoms in total. The number of halogens is 2. The third-order valence-corrected chi connectivity index (χ3v) is 14.6. The van der Waals surface area contributed by atoms with Crippen molar-refractivity contribution in [1.82, 2.24) is 54.9 Å². The number of hydrogen-bond acceptors (Lipinski definition) is 16. The molecule has 2 aliphatic carbocycles. The molecule has 4 N–H and O–H groups in total. The smallest absolute Gasteiger partial charge is 0.248 e. The minimum atomic E-state index is -0.788. The second-order valence-corrected chi connectivity index (χ2v) is 21.0. The third-order valence-electron chi connectivity index (χ3n) is 14.6. The van der Waals surface area contributed by atoms with Gasteiger partial charge < -0.3 is 30.1 Å². The van der Waals surface area contributed by atoms with Crippen molar-refractivity contribution in [3.8, 4) is 28.5 Å². The molecule has 1 aromatic carbocycles. The van der Waals surface area contributed by atoms with Crippen molar-refractivity contribution in [3.63, 3.8) is 0 Å². The predicted molar refractivity (Wildman–Crippen MR) is 257 cm³/mol. The molecule has 3 amide bonds. The Morgan fingerprint density at radius 2 is 1.66 bits per heavy atom. The first kappa shape index (κ1) is 47.3. The number of anilines is 3. The summed E-state index contributed by atoms with van der Waals surface area (Å²) in [7, 11) is 0. The van der Waals surface area contributed by atoms with Gasteiger partial charge in [0.25, 0.3) is 0 Å². The lowest BCUT2D eigenvalue weighted by molar-refractivity contribution is -0.161. The number of rotatable bonds is 16. The summed E-state index contributed by atoms with van der Waals surface area (Å²) in [5.74, 6) is 1.03. The molecule has 5 fully saturated rings. The van der Waals surface area contributed by atoms with E-state index < -0.39 is 23.6 Å². The standard InChI is InChI=1S/C49H62F2N14O5/c1-5-6-36(47(68)57-28-66)58-31-17-34(50)42(35(51)18-31)63-15-13-62(14-16-63)23-29-9-11-61(12-10-29)24-37(67)64-25-49(26-64)19-32(20-49)69-33-21-53-45(54-22-33)38-41(60-70-43(38)30-7-8-30)40-39-44(52)55-27-56-46(39)65(59-40)48(2,3)4/h17-18,21-22,27-30,32,36,58H,5-16,19-20,23-26H2,1-4H3,(H2,52,55,56)(H,57,66,68). The number of nitrogens with zero attached hydrogens (tertiary/aromatic N) is 11. The van der Waals surface area contributed by atoms with Crippen LogP contribution < -0.4 is 26.0 Å². The summed E-state index contributed by atoms with van der Waals surface area (Å²) in [4.78, 5) is 63.0. The number of nitrogens with two attached hydrogens (primary N) is 1. The monoisotopic (exact) mass is 964 g/mol. The number of piperazine rings is 1. The number of nitrogens with one attached hydrogen (secondary N) is 2. The fourth-order valence-electron chi connectivity index (χ4n) is 10.8. The second kappa shape index (κ2) is 19.1. The Balaban J connectivity index is 0.658. The molecule has 1 spiro atoms. The van der Waals surface area contributed by atoms with Gasteiger partial charge in [-0.1, -0.05) is 18.5 Å². The number of amides is 3. The van der Waals surface area contributed by atoms with E-state index in [1.54, 1.807) is 17.3 Å². The maximum Gasteiger partial charge on any atom is 0.248 e. The Labute approximate surface area is 404 Å². The van der Waals surface area contributed by atoms with E-state index in [-0.39, 0.29) is 40.3 Å². The van der Waals surface area contributed by atoms with Crippen molar-refractivity contribution in [2.24, 2.45) is 11.3 Å². The fraction of sp³-hybridized carbons (Fsp3) is 0.571. The van der Waals surface area contributed by atoms with Crippen LogP contribution in [0, 0.1) is 23.0 Å². The SMILES string of the molecule is CCCC(Nc1cc(F)c(N2CCN(CC3CCN(CC(=O)N4CC5(CC(Oc6cnc(-c7c(-c8nn(C(C)(C)C)c9ncnc(N)c89)noc7C7CC7)nc6)C5)C4)CC3)CC2)c(F)c1)C(=O)NC=O. The topological polar surface area (TPSA) is 219 Å². The number of fused-ring (bicyclic) bond motifs is 1. The minimum absolute atomic E-state index is 0.0193. The highest BCUT2D eigenvalue weighted by Crippen LogP contribution is 2.51. The van der Waals surface area contributed by atoms with Crippen LogP contribution in [0.3, 0.4) is 0 Å². The van der Waals surface area contributed by atoms with Crippen LogP contribution in [0.5, 0.6) is 5.75 Å². The largest absolute Gasteiger partial charge is 0.487 e. The van der Waals surface area contributed by atoms with Gasteiger partial charge in [-0.05, 0) is 96.9 Å². The van der Waals surface area contributed by atoms with Gasteiger partial charge in [-0.25, -0.2) is 33.4 Å². The number of aromatic nitrogens is 7. The number of ether oxygens (including phenoxy) is 1. The van der Waals surface area contributed by atoms with E-state index >= 15 is 8.78 Å². The first-order valence-electron chi connectivity index (χ1n) is 24.6. The van der Waals surface area contributed by atoms with Gasteiger partial charge in [-0.15, -0.1) is 0 Å². The molecule has 3 saturated heterocycles. The van der Waals surface area contributed by atoms with Crippen LogP contribution in [0.1, 0.15) is 90.7 Å². The maximum atomic E-state index is 15.3. The van der Waals surface area contributed by atoms with Gasteiger partial charge >= 0.3 is 0 Å². The molecule has 0 radical (unpaired) electrons. The number of imide groups is 1. The predicted octanol–water partition coefficient (Wildman–Crippen LogP) is 5.19. The lowest BCUT2D eigenvalue weighted by atomic mass is 9.61. The van der Waals surface area contributed by atoms with Gasteiger partial charge in [0, 0.05) is 62.8 Å². The van der Waals surface area contributed by atoms with Crippen molar-refractivity contribution in [3.05, 3.63) is 48.2 Å². The zero-order valence-electron chi connectivity index (χ0n) is 40.3. The summed E-state index contributed by atoms with van der Waals surface area (Å²) in [6.07, 6.45) is 11.9. The van der Waals surface area contributed by atoms with E-state index in [4.69, 9.17) is 30.1 Å². The zero-order chi connectivity index (χ0) is 48.9. The lowest BCUT2D eigenvalue weighted by Crippen LogP contribution is -2.66. The van der Waals surface area contributed by atoms with Gasteiger partial charge in [0.1, 0.15) is 41.4 Å². The first-order chi connectivity index (χ1) is 33.7. The first-order valence-corrected chi connectivity index (χ1v) is 24.6. The Kier molecular flexibility index (Phi) is 12.9. The average Bonchev–Trinajstić information content (AvgIpc) is 3.92. The van der Waals surface area contributed by atoms with Gasteiger partial charge in [0.05, 0.1) is 35.4 Å². The number of likely N-dealkylation sites (tertiary alicyclic amines) is 2. The molecule has 1 atom stereocenters. The van der Waals surface area contributed by atoms with Crippen LogP contribution in [0.4, 0.5) is 26.0 Å². The van der Waals surface area contributed by atoms with Crippen molar-refractivity contribution in [2.75, 3.05) is 81.4 Å². The highest BCUT2D eigenvalue weighted by atomic mass is 19.1. The number of carbonyl (C=O) groups is 3. The van der Waals surface area contributed by atoms with E-state index in [1.807, 2.05) is 37.3 Å². The number of benzene rings is 1. The van der Waals surface area contributed by atoms with Crippen LogP contribution in [-0.4, -0.2) is 145 Å². The molecule has 10 rings (SSSR count). The average molecular weight is 965 g/mol. The molecule has 2 saturated carbocycles. The molecule has 21 heteroatoms. The quantitative estimate of drug-likeness (QED) is 0.108. The zero-order valence-corrected chi connectivity index (χ0v) is 40.3. The molecule has 1 unspecified atom stereocenters.